The van der Waals surface area contributed by atoms with Gasteiger partial charge in [-0.25, -0.2) is 9.97 Å². The van der Waals surface area contributed by atoms with E-state index in [4.69, 9.17) is 0 Å². The molecule has 2 aromatic heterocycles. The lowest BCUT2D eigenvalue weighted by atomic mass is 10.3. The number of thiazole rings is 2. The molecule has 1 fully saturated rings. The van der Waals surface area contributed by atoms with E-state index < -0.39 is 0 Å². The van der Waals surface area contributed by atoms with Crippen LogP contribution in [0.3, 0.4) is 0 Å². The summed E-state index contributed by atoms with van der Waals surface area (Å²) in [6.07, 6.45) is 4.87. The lowest BCUT2D eigenvalue weighted by molar-refractivity contribution is 0.0958. The third kappa shape index (κ3) is 3.56. The van der Waals surface area contributed by atoms with E-state index in [1.165, 1.54) is 24.2 Å². The molecule has 3 rings (SSSR count). The van der Waals surface area contributed by atoms with Crippen LogP contribution in [-0.4, -0.2) is 42.6 Å². The fraction of sp³-hybridized carbons (Fsp3) is 0.500. The van der Waals surface area contributed by atoms with Crippen molar-refractivity contribution in [2.24, 2.45) is 0 Å². The van der Waals surface area contributed by atoms with E-state index in [1.807, 2.05) is 0 Å². The largest absolute Gasteiger partial charge is 0.365 e. The first-order valence-corrected chi connectivity index (χ1v) is 9.07. The summed E-state index contributed by atoms with van der Waals surface area (Å²) >= 11 is 3.05. The van der Waals surface area contributed by atoms with E-state index in [0.29, 0.717) is 11.4 Å². The van der Waals surface area contributed by atoms with E-state index in [2.05, 4.69) is 30.9 Å². The Morgan fingerprint density at radius 1 is 1.41 bits per heavy atom. The van der Waals surface area contributed by atoms with Gasteiger partial charge in [-0.1, -0.05) is 11.3 Å². The van der Waals surface area contributed by atoms with Crippen LogP contribution in [-0.2, 0) is 6.42 Å². The number of carbonyl (C=O) groups excluding carboxylic acids is 1. The first kappa shape index (κ1) is 15.2. The molecule has 0 atom stereocenters. The summed E-state index contributed by atoms with van der Waals surface area (Å²) in [7, 11) is 1.79. The number of aromatic nitrogens is 2. The Labute approximate surface area is 137 Å². The highest BCUT2D eigenvalue weighted by atomic mass is 32.1. The average Bonchev–Trinajstić information content (AvgIpc) is 3.27. The average molecular weight is 337 g/mol. The summed E-state index contributed by atoms with van der Waals surface area (Å²) in [6.45, 7) is 2.82. The first-order valence-electron chi connectivity index (χ1n) is 7.37. The third-order valence-electron chi connectivity index (χ3n) is 3.53. The fourth-order valence-corrected chi connectivity index (χ4v) is 3.95. The van der Waals surface area contributed by atoms with Crippen molar-refractivity contribution in [3.63, 3.8) is 0 Å². The van der Waals surface area contributed by atoms with E-state index in [9.17, 15) is 4.79 Å². The molecule has 0 saturated carbocycles. The second-order valence-electron chi connectivity index (χ2n) is 5.10. The molecule has 2 N–H and O–H groups in total. The molecule has 3 heterocycles. The maximum Gasteiger partial charge on any atom is 0.263 e. The first-order chi connectivity index (χ1) is 10.8. The Morgan fingerprint density at radius 3 is 2.95 bits per heavy atom. The van der Waals surface area contributed by atoms with Gasteiger partial charge in [-0.15, -0.1) is 11.3 Å². The highest BCUT2D eigenvalue weighted by Crippen LogP contribution is 2.24. The maximum atomic E-state index is 12.0. The van der Waals surface area contributed by atoms with Crippen molar-refractivity contribution >= 4 is 38.8 Å². The van der Waals surface area contributed by atoms with Gasteiger partial charge in [-0.2, -0.15) is 0 Å². The van der Waals surface area contributed by atoms with E-state index in [-0.39, 0.29) is 5.91 Å². The summed E-state index contributed by atoms with van der Waals surface area (Å²) in [5, 5.41) is 9.80. The summed E-state index contributed by atoms with van der Waals surface area (Å²) in [5.41, 5.74) is 1.05. The molecule has 118 valence electrons. The number of rotatable bonds is 6. The van der Waals surface area contributed by atoms with Crippen molar-refractivity contribution in [1.29, 1.82) is 0 Å². The molecule has 1 aliphatic heterocycles. The Bertz CT molecular complexity index is 633. The Kier molecular flexibility index (Phi) is 4.89. The zero-order chi connectivity index (χ0) is 15.4. The maximum absolute atomic E-state index is 12.0. The molecule has 8 heteroatoms. The van der Waals surface area contributed by atoms with Gasteiger partial charge in [-0.05, 0) is 12.8 Å². The molecule has 0 spiro atoms. The molecule has 1 amide bonds. The molecular formula is C14H19N5OS2. The van der Waals surface area contributed by atoms with Gasteiger partial charge in [0.1, 0.15) is 4.88 Å². The Balaban J connectivity index is 1.47. The van der Waals surface area contributed by atoms with Crippen molar-refractivity contribution in [2.75, 3.05) is 36.9 Å². The Hall–Kier alpha value is -1.67. The minimum atomic E-state index is -0.0750. The molecular weight excluding hydrogens is 318 g/mol. The molecule has 1 saturated heterocycles. The zero-order valence-electron chi connectivity index (χ0n) is 12.5. The van der Waals surface area contributed by atoms with Gasteiger partial charge in [0, 0.05) is 38.5 Å². The van der Waals surface area contributed by atoms with Crippen LogP contribution in [0.2, 0.25) is 0 Å². The fourth-order valence-electron chi connectivity index (χ4n) is 2.35. The van der Waals surface area contributed by atoms with Crippen LogP contribution in [0.1, 0.15) is 28.2 Å². The number of amides is 1. The highest BCUT2D eigenvalue weighted by Gasteiger charge is 2.15. The molecule has 0 aliphatic carbocycles. The van der Waals surface area contributed by atoms with E-state index in [0.717, 1.165) is 35.5 Å². The summed E-state index contributed by atoms with van der Waals surface area (Å²) in [6, 6.07) is 0. The Morgan fingerprint density at radius 2 is 2.23 bits per heavy atom. The normalized spacial score (nSPS) is 14.3. The molecule has 6 nitrogen and oxygen atoms in total. The molecule has 22 heavy (non-hydrogen) atoms. The van der Waals surface area contributed by atoms with Crippen molar-refractivity contribution in [3.8, 4) is 0 Å². The minimum absolute atomic E-state index is 0.0750. The van der Waals surface area contributed by atoms with Crippen LogP contribution in [0.15, 0.2) is 11.6 Å². The minimum Gasteiger partial charge on any atom is -0.365 e. The van der Waals surface area contributed by atoms with Crippen LogP contribution >= 0.6 is 22.7 Å². The quantitative estimate of drug-likeness (QED) is 0.846. The molecule has 0 unspecified atom stereocenters. The molecule has 1 aliphatic rings. The van der Waals surface area contributed by atoms with Gasteiger partial charge in [0.05, 0.1) is 11.9 Å². The van der Waals surface area contributed by atoms with E-state index >= 15 is 0 Å². The van der Waals surface area contributed by atoms with E-state index in [1.54, 1.807) is 24.6 Å². The number of carbonyl (C=O) groups is 1. The summed E-state index contributed by atoms with van der Waals surface area (Å²) in [4.78, 5) is 23.7. The monoisotopic (exact) mass is 337 g/mol. The van der Waals surface area contributed by atoms with Gasteiger partial charge in [0.25, 0.3) is 5.91 Å². The lowest BCUT2D eigenvalue weighted by Crippen LogP contribution is -2.25. The van der Waals surface area contributed by atoms with Crippen molar-refractivity contribution in [1.82, 2.24) is 15.3 Å². The van der Waals surface area contributed by atoms with Crippen molar-refractivity contribution < 1.29 is 4.79 Å². The predicted octanol–water partition coefficient (Wildman–Crippen LogP) is 2.21. The van der Waals surface area contributed by atoms with Crippen LogP contribution in [0.4, 0.5) is 10.3 Å². The predicted molar refractivity (Wildman–Crippen MR) is 91.3 cm³/mol. The topological polar surface area (TPSA) is 70.2 Å². The second kappa shape index (κ2) is 7.06. The second-order valence-corrected chi connectivity index (χ2v) is 6.97. The molecule has 0 aromatic carbocycles. The van der Waals surface area contributed by atoms with Crippen LogP contribution in [0.5, 0.6) is 0 Å². The standard InChI is InChI=1S/C14H19N5OS2/c1-15-13-17-8-11(22-13)12(20)16-5-4-10-9-21-14(18-10)19-6-2-3-7-19/h8-9H,2-7H2,1H3,(H,15,17)(H,16,20). The highest BCUT2D eigenvalue weighted by molar-refractivity contribution is 7.17. The number of nitrogens with zero attached hydrogens (tertiary/aromatic N) is 3. The summed E-state index contributed by atoms with van der Waals surface area (Å²) < 4.78 is 0. The smallest absolute Gasteiger partial charge is 0.263 e. The molecule has 0 radical (unpaired) electrons. The SMILES string of the molecule is CNc1ncc(C(=O)NCCc2csc(N3CCCC3)n2)s1. The van der Waals surface area contributed by atoms with Gasteiger partial charge in [-0.3, -0.25) is 4.79 Å². The van der Waals surface area contributed by atoms with Gasteiger partial charge < -0.3 is 15.5 Å². The van der Waals surface area contributed by atoms with Gasteiger partial charge in [0.15, 0.2) is 10.3 Å². The number of nitrogens with one attached hydrogen (secondary N) is 2. The zero-order valence-corrected chi connectivity index (χ0v) is 14.1. The van der Waals surface area contributed by atoms with Crippen LogP contribution in [0.25, 0.3) is 0 Å². The van der Waals surface area contributed by atoms with Crippen molar-refractivity contribution in [3.05, 3.63) is 22.1 Å². The summed E-state index contributed by atoms with van der Waals surface area (Å²) in [5.74, 6) is -0.0750. The van der Waals surface area contributed by atoms with Crippen LogP contribution < -0.4 is 15.5 Å². The van der Waals surface area contributed by atoms with Gasteiger partial charge >= 0.3 is 0 Å². The number of anilines is 2. The number of hydrogen-bond donors (Lipinski definition) is 2. The van der Waals surface area contributed by atoms with Gasteiger partial charge in [0.2, 0.25) is 0 Å². The molecule has 0 bridgehead atoms. The third-order valence-corrected chi connectivity index (χ3v) is 5.49. The lowest BCUT2D eigenvalue weighted by Gasteiger charge is -2.12. The van der Waals surface area contributed by atoms with Crippen LogP contribution in [0, 0.1) is 0 Å². The molecule has 2 aromatic rings. The number of hydrogen-bond acceptors (Lipinski definition) is 7. The van der Waals surface area contributed by atoms with Crippen molar-refractivity contribution in [2.45, 2.75) is 19.3 Å².